The quantitative estimate of drug-likeness (QED) is 0.442. The first kappa shape index (κ1) is 21.8. The number of nitrogens with zero attached hydrogens (tertiary/aromatic N) is 5. The summed E-state index contributed by atoms with van der Waals surface area (Å²) in [7, 11) is 1.39. The van der Waals surface area contributed by atoms with E-state index in [1.165, 1.54) is 20.0 Å². The van der Waals surface area contributed by atoms with Crippen molar-refractivity contribution in [3.8, 4) is 5.69 Å². The van der Waals surface area contributed by atoms with Crippen molar-refractivity contribution in [3.63, 3.8) is 0 Å². The number of aromatic nitrogens is 5. The van der Waals surface area contributed by atoms with E-state index in [0.29, 0.717) is 10.4 Å². The predicted octanol–water partition coefficient (Wildman–Crippen LogP) is 4.53. The Kier molecular flexibility index (Phi) is 5.59. The molecule has 7 nitrogen and oxygen atoms in total. The molecular formula is C21H16BrF3N6O. The Labute approximate surface area is 188 Å². The number of fused-ring (bicyclic) bond motifs is 1. The lowest BCUT2D eigenvalue weighted by molar-refractivity contribution is -0.141. The van der Waals surface area contributed by atoms with E-state index in [1.54, 1.807) is 18.3 Å². The lowest BCUT2D eigenvalue weighted by Crippen LogP contribution is -2.19. The fraction of sp³-hybridized carbons (Fsp3) is 0.143. The molecule has 4 rings (SSSR count). The number of halogens is 4. The fourth-order valence-electron chi connectivity index (χ4n) is 3.24. The molecule has 0 aliphatic rings. The SMILES string of the molecule is CNC(=O)c1cc(C=Cc2nc(Br)cn2-c2ccccc2)nn2c(C)c(C(F)(F)F)nc12. The van der Waals surface area contributed by atoms with Gasteiger partial charge in [0.2, 0.25) is 0 Å². The molecule has 11 heteroatoms. The molecule has 0 aliphatic carbocycles. The molecule has 0 bridgehead atoms. The number of para-hydroxylation sites is 1. The summed E-state index contributed by atoms with van der Waals surface area (Å²) >= 11 is 3.36. The minimum Gasteiger partial charge on any atom is -0.355 e. The van der Waals surface area contributed by atoms with Crippen molar-refractivity contribution in [2.45, 2.75) is 13.1 Å². The summed E-state index contributed by atoms with van der Waals surface area (Å²) in [5.41, 5.74) is -0.335. The Morgan fingerprint density at radius 3 is 2.53 bits per heavy atom. The molecule has 0 saturated carbocycles. The third kappa shape index (κ3) is 4.03. The predicted molar refractivity (Wildman–Crippen MR) is 116 cm³/mol. The van der Waals surface area contributed by atoms with Gasteiger partial charge in [-0.15, -0.1) is 0 Å². The smallest absolute Gasteiger partial charge is 0.355 e. The van der Waals surface area contributed by atoms with Gasteiger partial charge in [-0.1, -0.05) is 18.2 Å². The van der Waals surface area contributed by atoms with Crippen LogP contribution in [0.1, 0.15) is 33.3 Å². The van der Waals surface area contributed by atoms with Gasteiger partial charge in [-0.25, -0.2) is 14.5 Å². The van der Waals surface area contributed by atoms with Crippen LogP contribution in [0.15, 0.2) is 47.2 Å². The van der Waals surface area contributed by atoms with Crippen LogP contribution in [0.5, 0.6) is 0 Å². The van der Waals surface area contributed by atoms with E-state index in [-0.39, 0.29) is 22.6 Å². The molecule has 32 heavy (non-hydrogen) atoms. The average molecular weight is 505 g/mol. The van der Waals surface area contributed by atoms with Crippen LogP contribution in [0, 0.1) is 6.92 Å². The third-order valence-corrected chi connectivity index (χ3v) is 5.09. The third-order valence-electron chi connectivity index (χ3n) is 4.71. The summed E-state index contributed by atoms with van der Waals surface area (Å²) in [6, 6.07) is 10.9. The van der Waals surface area contributed by atoms with Crippen LogP contribution in [0.4, 0.5) is 13.2 Å². The molecule has 164 valence electrons. The largest absolute Gasteiger partial charge is 0.435 e. The standard InChI is InChI=1S/C21H16BrF3N6O/c1-12-18(21(23,24)25)28-19-15(20(32)26-2)10-13(29-31(12)19)8-9-17-27-16(22)11-30(17)14-6-4-3-5-7-14/h3-11H,1-2H3,(H,26,32). The van der Waals surface area contributed by atoms with E-state index in [0.717, 1.165) is 10.2 Å². The van der Waals surface area contributed by atoms with Gasteiger partial charge in [0.1, 0.15) is 10.4 Å². The molecule has 3 aromatic heterocycles. The molecule has 0 saturated heterocycles. The van der Waals surface area contributed by atoms with Gasteiger partial charge in [0.05, 0.1) is 17.0 Å². The second-order valence-corrected chi connectivity index (χ2v) is 7.61. The van der Waals surface area contributed by atoms with E-state index >= 15 is 0 Å². The van der Waals surface area contributed by atoms with E-state index < -0.39 is 17.8 Å². The second kappa shape index (κ2) is 8.23. The number of imidazole rings is 2. The van der Waals surface area contributed by atoms with Crippen molar-refractivity contribution in [2.24, 2.45) is 0 Å². The molecular weight excluding hydrogens is 489 g/mol. The number of carbonyl (C=O) groups excluding carboxylic acids is 1. The monoisotopic (exact) mass is 504 g/mol. The highest BCUT2D eigenvalue weighted by Crippen LogP contribution is 2.32. The number of carbonyl (C=O) groups is 1. The molecule has 4 aromatic rings. The molecule has 1 amide bonds. The zero-order valence-electron chi connectivity index (χ0n) is 16.9. The molecule has 1 aromatic carbocycles. The van der Waals surface area contributed by atoms with Gasteiger partial charge in [-0.2, -0.15) is 18.3 Å². The van der Waals surface area contributed by atoms with Gasteiger partial charge < -0.3 is 5.32 Å². The fourth-order valence-corrected chi connectivity index (χ4v) is 3.62. The topological polar surface area (TPSA) is 77.1 Å². The summed E-state index contributed by atoms with van der Waals surface area (Å²) in [6.07, 6.45) is 0.362. The van der Waals surface area contributed by atoms with E-state index in [2.05, 4.69) is 36.3 Å². The minimum absolute atomic E-state index is 0.0201. The lowest BCUT2D eigenvalue weighted by atomic mass is 10.2. The molecule has 3 heterocycles. The number of hydrogen-bond acceptors (Lipinski definition) is 4. The highest BCUT2D eigenvalue weighted by Gasteiger charge is 2.37. The van der Waals surface area contributed by atoms with Crippen LogP contribution in [0.3, 0.4) is 0 Å². The zero-order valence-corrected chi connectivity index (χ0v) is 18.4. The van der Waals surface area contributed by atoms with Crippen molar-refractivity contribution >= 4 is 39.6 Å². The van der Waals surface area contributed by atoms with E-state index in [9.17, 15) is 18.0 Å². The Bertz CT molecular complexity index is 1340. The lowest BCUT2D eigenvalue weighted by Gasteiger charge is -2.06. The van der Waals surface area contributed by atoms with Crippen molar-refractivity contribution in [3.05, 3.63) is 75.7 Å². The van der Waals surface area contributed by atoms with Crippen LogP contribution in [0.2, 0.25) is 0 Å². The van der Waals surface area contributed by atoms with Crippen molar-refractivity contribution in [2.75, 3.05) is 7.05 Å². The Morgan fingerprint density at radius 1 is 1.16 bits per heavy atom. The molecule has 1 N–H and O–H groups in total. The Balaban J connectivity index is 1.83. The molecule has 0 aliphatic heterocycles. The number of amides is 1. The highest BCUT2D eigenvalue weighted by molar-refractivity contribution is 9.10. The molecule has 0 atom stereocenters. The van der Waals surface area contributed by atoms with Gasteiger partial charge in [0, 0.05) is 18.9 Å². The van der Waals surface area contributed by atoms with Gasteiger partial charge >= 0.3 is 6.18 Å². The van der Waals surface area contributed by atoms with E-state index in [4.69, 9.17) is 0 Å². The van der Waals surface area contributed by atoms with Gasteiger partial charge in [0.25, 0.3) is 5.91 Å². The van der Waals surface area contributed by atoms with Crippen molar-refractivity contribution < 1.29 is 18.0 Å². The normalized spacial score (nSPS) is 12.1. The summed E-state index contributed by atoms with van der Waals surface area (Å²) < 4.78 is 43.5. The van der Waals surface area contributed by atoms with Gasteiger partial charge in [-0.3, -0.25) is 9.36 Å². The first-order chi connectivity index (χ1) is 15.2. The highest BCUT2D eigenvalue weighted by atomic mass is 79.9. The number of nitrogens with one attached hydrogen (secondary N) is 1. The van der Waals surface area contributed by atoms with Crippen molar-refractivity contribution in [1.29, 1.82) is 0 Å². The molecule has 0 unspecified atom stereocenters. The van der Waals surface area contributed by atoms with Crippen LogP contribution >= 0.6 is 15.9 Å². The first-order valence-corrected chi connectivity index (χ1v) is 10.2. The summed E-state index contributed by atoms with van der Waals surface area (Å²) in [5, 5.41) is 6.68. The minimum atomic E-state index is -4.67. The number of hydrogen-bond donors (Lipinski definition) is 1. The van der Waals surface area contributed by atoms with E-state index in [1.807, 2.05) is 34.9 Å². The summed E-state index contributed by atoms with van der Waals surface area (Å²) in [4.78, 5) is 20.4. The number of benzene rings is 1. The maximum Gasteiger partial charge on any atom is 0.435 e. The maximum atomic E-state index is 13.3. The molecule has 0 radical (unpaired) electrons. The van der Waals surface area contributed by atoms with Crippen LogP contribution in [0.25, 0.3) is 23.5 Å². The number of rotatable bonds is 4. The van der Waals surface area contributed by atoms with Gasteiger partial charge in [0.15, 0.2) is 11.3 Å². The Morgan fingerprint density at radius 2 is 1.88 bits per heavy atom. The Hall–Kier alpha value is -3.47. The molecule has 0 fully saturated rings. The zero-order chi connectivity index (χ0) is 23.0. The number of alkyl halides is 3. The van der Waals surface area contributed by atoms with Crippen LogP contribution < -0.4 is 5.32 Å². The molecule has 0 spiro atoms. The maximum absolute atomic E-state index is 13.3. The van der Waals surface area contributed by atoms with Crippen molar-refractivity contribution in [1.82, 2.24) is 29.5 Å². The summed E-state index contributed by atoms with van der Waals surface area (Å²) in [6.45, 7) is 1.26. The van der Waals surface area contributed by atoms with Gasteiger partial charge in [-0.05, 0) is 53.2 Å². The van der Waals surface area contributed by atoms with Crippen LogP contribution in [-0.4, -0.2) is 37.1 Å². The average Bonchev–Trinajstić information content (AvgIpc) is 3.31. The summed E-state index contributed by atoms with van der Waals surface area (Å²) in [5.74, 6) is -0.0101. The number of aryl methyl sites for hydroxylation is 1. The first-order valence-electron chi connectivity index (χ1n) is 9.37. The van der Waals surface area contributed by atoms with Crippen LogP contribution in [-0.2, 0) is 6.18 Å². The second-order valence-electron chi connectivity index (χ2n) is 6.80.